The van der Waals surface area contributed by atoms with Gasteiger partial charge in [-0.2, -0.15) is 0 Å². The lowest BCUT2D eigenvalue weighted by molar-refractivity contribution is -0.384. The molecule has 1 heterocycles. The molecule has 0 saturated heterocycles. The highest BCUT2D eigenvalue weighted by Crippen LogP contribution is 2.16. The molecule has 0 aliphatic carbocycles. The minimum Gasteiger partial charge on any atom is -0.481 e. The molecule has 2 aromatic rings. The molecule has 0 bridgehead atoms. The van der Waals surface area contributed by atoms with Gasteiger partial charge in [0.25, 0.3) is 11.6 Å². The molecule has 0 unspecified atom stereocenters. The van der Waals surface area contributed by atoms with E-state index in [1.807, 2.05) is 0 Å². The largest absolute Gasteiger partial charge is 0.481 e. The molecular formula is C13H11N3O4. The molecule has 1 aromatic heterocycles. The second-order valence-corrected chi connectivity index (χ2v) is 3.85. The number of hydrogen-bond acceptors (Lipinski definition) is 5. The highest BCUT2D eigenvalue weighted by atomic mass is 16.6. The summed E-state index contributed by atoms with van der Waals surface area (Å²) in [5.41, 5.74) is 0.801. The Bertz CT molecular complexity index is 623. The SMILES string of the molecule is COc1ccc(C(=O)Nc2ccc([N+](=O)[O-])cc2)cn1. The van der Waals surface area contributed by atoms with E-state index in [4.69, 9.17) is 4.74 Å². The minimum atomic E-state index is -0.501. The highest BCUT2D eigenvalue weighted by Gasteiger charge is 2.09. The van der Waals surface area contributed by atoms with Crippen LogP contribution in [0.25, 0.3) is 0 Å². The van der Waals surface area contributed by atoms with E-state index in [1.54, 1.807) is 12.1 Å². The number of nitro benzene ring substituents is 1. The number of ether oxygens (including phenoxy) is 1. The van der Waals surface area contributed by atoms with Crippen LogP contribution in [0.2, 0.25) is 0 Å². The summed E-state index contributed by atoms with van der Waals surface area (Å²) < 4.78 is 4.90. The summed E-state index contributed by atoms with van der Waals surface area (Å²) in [6.45, 7) is 0. The molecule has 7 nitrogen and oxygen atoms in total. The zero-order chi connectivity index (χ0) is 14.5. The molecule has 0 atom stereocenters. The van der Waals surface area contributed by atoms with Gasteiger partial charge < -0.3 is 10.1 Å². The number of non-ortho nitro benzene ring substituents is 1. The molecule has 1 N–H and O–H groups in total. The third-order valence-electron chi connectivity index (χ3n) is 2.54. The monoisotopic (exact) mass is 273 g/mol. The van der Waals surface area contributed by atoms with Gasteiger partial charge >= 0.3 is 0 Å². The van der Waals surface area contributed by atoms with E-state index in [1.165, 1.54) is 37.6 Å². The Hall–Kier alpha value is -2.96. The quantitative estimate of drug-likeness (QED) is 0.681. The van der Waals surface area contributed by atoms with Crippen molar-refractivity contribution in [3.05, 3.63) is 58.3 Å². The molecule has 7 heteroatoms. The van der Waals surface area contributed by atoms with Crippen LogP contribution in [0.3, 0.4) is 0 Å². The summed E-state index contributed by atoms with van der Waals surface area (Å²) >= 11 is 0. The number of benzene rings is 1. The standard InChI is InChI=1S/C13H11N3O4/c1-20-12-7-2-9(8-14-12)13(17)15-10-3-5-11(6-4-10)16(18)19/h2-8H,1H3,(H,15,17). The number of pyridine rings is 1. The third-order valence-corrected chi connectivity index (χ3v) is 2.54. The Morgan fingerprint density at radius 2 is 1.95 bits per heavy atom. The zero-order valence-electron chi connectivity index (χ0n) is 10.6. The molecule has 0 fully saturated rings. The number of amides is 1. The van der Waals surface area contributed by atoms with Crippen molar-refractivity contribution in [2.75, 3.05) is 12.4 Å². The number of rotatable bonds is 4. The molecule has 102 valence electrons. The van der Waals surface area contributed by atoms with Gasteiger partial charge in [0.2, 0.25) is 5.88 Å². The van der Waals surface area contributed by atoms with Crippen molar-refractivity contribution in [1.82, 2.24) is 4.98 Å². The molecular weight excluding hydrogens is 262 g/mol. The van der Waals surface area contributed by atoms with Gasteiger partial charge in [-0.3, -0.25) is 14.9 Å². The first-order valence-electron chi connectivity index (χ1n) is 5.66. The Labute approximate surface area is 114 Å². The van der Waals surface area contributed by atoms with E-state index in [2.05, 4.69) is 10.3 Å². The van der Waals surface area contributed by atoms with Crippen LogP contribution in [0.4, 0.5) is 11.4 Å². The molecule has 0 radical (unpaired) electrons. The highest BCUT2D eigenvalue weighted by molar-refractivity contribution is 6.04. The molecule has 1 amide bonds. The average Bonchev–Trinajstić information content (AvgIpc) is 2.48. The van der Waals surface area contributed by atoms with Crippen molar-refractivity contribution in [3.63, 3.8) is 0 Å². The minimum absolute atomic E-state index is 0.0332. The molecule has 0 aliphatic heterocycles. The maximum absolute atomic E-state index is 11.9. The lowest BCUT2D eigenvalue weighted by atomic mass is 10.2. The second-order valence-electron chi connectivity index (χ2n) is 3.85. The third kappa shape index (κ3) is 3.08. The van der Waals surface area contributed by atoms with Crippen LogP contribution >= 0.6 is 0 Å². The number of nitro groups is 1. The van der Waals surface area contributed by atoms with Gasteiger partial charge in [-0.1, -0.05) is 0 Å². The number of methoxy groups -OCH3 is 1. The number of nitrogens with one attached hydrogen (secondary N) is 1. The number of hydrogen-bond donors (Lipinski definition) is 1. The van der Waals surface area contributed by atoms with E-state index in [0.29, 0.717) is 17.1 Å². The fourth-order valence-corrected chi connectivity index (χ4v) is 1.51. The van der Waals surface area contributed by atoms with E-state index in [9.17, 15) is 14.9 Å². The number of carbonyl (C=O) groups is 1. The summed E-state index contributed by atoms with van der Waals surface area (Å²) in [6, 6.07) is 8.72. The summed E-state index contributed by atoms with van der Waals surface area (Å²) in [5, 5.41) is 13.1. The van der Waals surface area contributed by atoms with Crippen LogP contribution in [0, 0.1) is 10.1 Å². The first-order valence-corrected chi connectivity index (χ1v) is 5.66. The normalized spacial score (nSPS) is 9.85. The maximum atomic E-state index is 11.9. The predicted molar refractivity (Wildman–Crippen MR) is 71.8 cm³/mol. The Balaban J connectivity index is 2.08. The smallest absolute Gasteiger partial charge is 0.269 e. The van der Waals surface area contributed by atoms with Crippen molar-refractivity contribution >= 4 is 17.3 Å². The molecule has 20 heavy (non-hydrogen) atoms. The van der Waals surface area contributed by atoms with Crippen molar-refractivity contribution in [2.45, 2.75) is 0 Å². The van der Waals surface area contributed by atoms with E-state index >= 15 is 0 Å². The fourth-order valence-electron chi connectivity index (χ4n) is 1.51. The van der Waals surface area contributed by atoms with Crippen molar-refractivity contribution in [3.8, 4) is 5.88 Å². The summed E-state index contributed by atoms with van der Waals surface area (Å²) in [5.74, 6) is 0.0610. The van der Waals surface area contributed by atoms with E-state index < -0.39 is 4.92 Å². The molecule has 0 aliphatic rings. The van der Waals surface area contributed by atoms with Gasteiger partial charge in [-0.25, -0.2) is 4.98 Å². The maximum Gasteiger partial charge on any atom is 0.269 e. The van der Waals surface area contributed by atoms with Gasteiger partial charge in [0, 0.05) is 30.1 Å². The Morgan fingerprint density at radius 3 is 2.45 bits per heavy atom. The van der Waals surface area contributed by atoms with Crippen LogP contribution < -0.4 is 10.1 Å². The van der Waals surface area contributed by atoms with Crippen LogP contribution in [0.1, 0.15) is 10.4 Å². The van der Waals surface area contributed by atoms with Crippen molar-refractivity contribution in [2.24, 2.45) is 0 Å². The van der Waals surface area contributed by atoms with Crippen LogP contribution in [0.5, 0.6) is 5.88 Å². The van der Waals surface area contributed by atoms with Crippen LogP contribution in [-0.4, -0.2) is 22.9 Å². The number of aromatic nitrogens is 1. The number of nitrogens with zero attached hydrogens (tertiary/aromatic N) is 2. The van der Waals surface area contributed by atoms with Gasteiger partial charge in [-0.15, -0.1) is 0 Å². The van der Waals surface area contributed by atoms with Gasteiger partial charge in [-0.05, 0) is 18.2 Å². The Kier molecular flexibility index (Phi) is 3.90. The molecule has 0 spiro atoms. The van der Waals surface area contributed by atoms with E-state index in [-0.39, 0.29) is 11.6 Å². The van der Waals surface area contributed by atoms with Gasteiger partial charge in [0.05, 0.1) is 17.6 Å². The summed E-state index contributed by atoms with van der Waals surface area (Å²) in [4.78, 5) is 25.8. The summed E-state index contributed by atoms with van der Waals surface area (Å²) in [7, 11) is 1.49. The van der Waals surface area contributed by atoms with Crippen molar-refractivity contribution < 1.29 is 14.5 Å². The Morgan fingerprint density at radius 1 is 1.25 bits per heavy atom. The molecule has 0 saturated carbocycles. The lowest BCUT2D eigenvalue weighted by Gasteiger charge is -2.05. The van der Waals surface area contributed by atoms with Crippen LogP contribution in [-0.2, 0) is 0 Å². The molecule has 2 rings (SSSR count). The fraction of sp³-hybridized carbons (Fsp3) is 0.0769. The lowest BCUT2D eigenvalue weighted by Crippen LogP contribution is -2.12. The van der Waals surface area contributed by atoms with Crippen LogP contribution in [0.15, 0.2) is 42.6 Å². The second kappa shape index (κ2) is 5.79. The number of carbonyl (C=O) groups excluding carboxylic acids is 1. The topological polar surface area (TPSA) is 94.4 Å². The summed E-state index contributed by atoms with van der Waals surface area (Å²) in [6.07, 6.45) is 1.39. The van der Waals surface area contributed by atoms with Crippen molar-refractivity contribution in [1.29, 1.82) is 0 Å². The number of anilines is 1. The predicted octanol–water partition coefficient (Wildman–Crippen LogP) is 2.25. The molecule has 1 aromatic carbocycles. The first kappa shape index (κ1) is 13.5. The van der Waals surface area contributed by atoms with Gasteiger partial charge in [0.15, 0.2) is 0 Å². The van der Waals surface area contributed by atoms with Gasteiger partial charge in [0.1, 0.15) is 0 Å². The zero-order valence-corrected chi connectivity index (χ0v) is 10.6. The average molecular weight is 273 g/mol. The first-order chi connectivity index (χ1) is 9.60. The van der Waals surface area contributed by atoms with E-state index in [0.717, 1.165) is 0 Å².